The summed E-state index contributed by atoms with van der Waals surface area (Å²) in [4.78, 5) is 0. The molecule has 0 amide bonds. The van der Waals surface area contributed by atoms with Crippen LogP contribution >= 0.6 is 0 Å². The summed E-state index contributed by atoms with van der Waals surface area (Å²) < 4.78 is 28.8. The van der Waals surface area contributed by atoms with Crippen LogP contribution in [0.1, 0.15) is 31.7 Å². The quantitative estimate of drug-likeness (QED) is 0.794. The molecule has 0 spiro atoms. The fourth-order valence-electron chi connectivity index (χ4n) is 2.01. The molecule has 1 aromatic carbocycles. The lowest BCUT2D eigenvalue weighted by atomic mass is 10.2. The van der Waals surface area contributed by atoms with Gasteiger partial charge in [0.05, 0.1) is 0 Å². The van der Waals surface area contributed by atoms with Crippen LogP contribution in [-0.4, -0.2) is 25.8 Å². The zero-order valence-corrected chi connectivity index (χ0v) is 12.2. The molecule has 1 saturated carbocycles. The van der Waals surface area contributed by atoms with Crippen molar-refractivity contribution < 1.29 is 8.42 Å². The maximum Gasteiger partial charge on any atom is 0.279 e. The highest BCUT2D eigenvalue weighted by atomic mass is 32.2. The van der Waals surface area contributed by atoms with E-state index in [9.17, 15) is 8.42 Å². The summed E-state index contributed by atoms with van der Waals surface area (Å²) in [5.41, 5.74) is 0.981. The largest absolute Gasteiger partial charge is 0.279 e. The van der Waals surface area contributed by atoms with Gasteiger partial charge in [0.2, 0.25) is 0 Å². The van der Waals surface area contributed by atoms with Crippen molar-refractivity contribution in [1.82, 2.24) is 9.03 Å². The standard InChI is InChI=1S/C14H22N2O2S/c1-2-10-16(12-14-8-9-14)19(17,18)15-11-13-6-4-3-5-7-13/h3-7,14-15H,2,8-12H2,1H3. The van der Waals surface area contributed by atoms with Gasteiger partial charge < -0.3 is 0 Å². The van der Waals surface area contributed by atoms with Crippen molar-refractivity contribution in [2.24, 2.45) is 5.92 Å². The molecule has 1 N–H and O–H groups in total. The first-order valence-electron chi connectivity index (χ1n) is 6.90. The van der Waals surface area contributed by atoms with Crippen molar-refractivity contribution in [3.05, 3.63) is 35.9 Å². The molecule has 1 fully saturated rings. The maximum atomic E-state index is 12.3. The molecule has 0 unspecified atom stereocenters. The molecular formula is C14H22N2O2S. The summed E-state index contributed by atoms with van der Waals surface area (Å²) in [6, 6.07) is 9.60. The monoisotopic (exact) mass is 282 g/mol. The van der Waals surface area contributed by atoms with E-state index in [4.69, 9.17) is 0 Å². The van der Waals surface area contributed by atoms with Gasteiger partial charge in [0.1, 0.15) is 0 Å². The summed E-state index contributed by atoms with van der Waals surface area (Å²) in [7, 11) is -3.35. The van der Waals surface area contributed by atoms with Gasteiger partial charge in [0.15, 0.2) is 0 Å². The Labute approximate surface area is 116 Å². The molecule has 1 aliphatic rings. The van der Waals surface area contributed by atoms with E-state index in [1.165, 1.54) is 0 Å². The minimum Gasteiger partial charge on any atom is -0.198 e. The van der Waals surface area contributed by atoms with E-state index in [0.29, 0.717) is 25.6 Å². The summed E-state index contributed by atoms with van der Waals surface area (Å²) in [5, 5.41) is 0. The first-order valence-corrected chi connectivity index (χ1v) is 8.34. The summed E-state index contributed by atoms with van der Waals surface area (Å²) in [5.74, 6) is 0.569. The van der Waals surface area contributed by atoms with Crippen molar-refractivity contribution in [1.29, 1.82) is 0 Å². The van der Waals surface area contributed by atoms with E-state index in [2.05, 4.69) is 4.72 Å². The van der Waals surface area contributed by atoms with Gasteiger partial charge in [-0.25, -0.2) is 0 Å². The summed E-state index contributed by atoms with van der Waals surface area (Å²) in [6.45, 7) is 3.62. The second-order valence-corrected chi connectivity index (χ2v) is 6.87. The minimum atomic E-state index is -3.35. The highest BCUT2D eigenvalue weighted by molar-refractivity contribution is 7.87. The van der Waals surface area contributed by atoms with Gasteiger partial charge >= 0.3 is 0 Å². The Morgan fingerprint density at radius 2 is 1.95 bits per heavy atom. The molecule has 0 aliphatic heterocycles. The molecule has 1 aliphatic carbocycles. The topological polar surface area (TPSA) is 49.4 Å². The van der Waals surface area contributed by atoms with Crippen molar-refractivity contribution in [2.75, 3.05) is 13.1 Å². The van der Waals surface area contributed by atoms with E-state index < -0.39 is 10.2 Å². The maximum absolute atomic E-state index is 12.3. The molecule has 5 heteroatoms. The van der Waals surface area contributed by atoms with Gasteiger partial charge in [-0.15, -0.1) is 0 Å². The number of hydrogen-bond acceptors (Lipinski definition) is 2. The van der Waals surface area contributed by atoms with Crippen molar-refractivity contribution >= 4 is 10.2 Å². The van der Waals surface area contributed by atoms with Gasteiger partial charge in [-0.1, -0.05) is 37.3 Å². The van der Waals surface area contributed by atoms with E-state index in [-0.39, 0.29) is 0 Å². The van der Waals surface area contributed by atoms with Crippen LogP contribution in [0.25, 0.3) is 0 Å². The fraction of sp³-hybridized carbons (Fsp3) is 0.571. The highest BCUT2D eigenvalue weighted by Gasteiger charge is 2.29. The predicted molar refractivity (Wildman–Crippen MR) is 76.8 cm³/mol. The van der Waals surface area contributed by atoms with Crippen molar-refractivity contribution in [3.8, 4) is 0 Å². The second kappa shape index (κ2) is 6.50. The van der Waals surface area contributed by atoms with Crippen LogP contribution in [0.2, 0.25) is 0 Å². The molecule has 2 rings (SSSR count). The molecule has 106 valence electrons. The Kier molecular flexibility index (Phi) is 4.96. The normalized spacial score (nSPS) is 15.9. The van der Waals surface area contributed by atoms with Gasteiger partial charge in [0.25, 0.3) is 10.2 Å². The minimum absolute atomic E-state index is 0.355. The van der Waals surface area contributed by atoms with Gasteiger partial charge in [-0.05, 0) is 30.7 Å². The van der Waals surface area contributed by atoms with E-state index in [1.54, 1.807) is 4.31 Å². The van der Waals surface area contributed by atoms with Gasteiger partial charge in [-0.3, -0.25) is 0 Å². The second-order valence-electron chi connectivity index (χ2n) is 5.11. The number of nitrogens with one attached hydrogen (secondary N) is 1. The highest BCUT2D eigenvalue weighted by Crippen LogP contribution is 2.30. The van der Waals surface area contributed by atoms with Crippen LogP contribution in [0.3, 0.4) is 0 Å². The van der Waals surface area contributed by atoms with Gasteiger partial charge in [0, 0.05) is 19.6 Å². The molecule has 0 heterocycles. The molecule has 0 atom stereocenters. The average molecular weight is 282 g/mol. The molecule has 1 aromatic rings. The van der Waals surface area contributed by atoms with Crippen LogP contribution in [0, 0.1) is 5.92 Å². The van der Waals surface area contributed by atoms with Crippen LogP contribution in [-0.2, 0) is 16.8 Å². The van der Waals surface area contributed by atoms with Crippen LogP contribution in [0.4, 0.5) is 0 Å². The SMILES string of the molecule is CCCN(CC1CC1)S(=O)(=O)NCc1ccccc1. The fourth-order valence-corrected chi connectivity index (χ4v) is 3.37. The Morgan fingerprint density at radius 1 is 1.26 bits per heavy atom. The number of nitrogens with zero attached hydrogens (tertiary/aromatic N) is 1. The Hall–Kier alpha value is -0.910. The first-order chi connectivity index (χ1) is 9.12. The van der Waals surface area contributed by atoms with E-state index >= 15 is 0 Å². The number of benzene rings is 1. The number of hydrogen-bond donors (Lipinski definition) is 1. The first kappa shape index (κ1) is 14.5. The Bertz CT molecular complexity index is 483. The van der Waals surface area contributed by atoms with Crippen molar-refractivity contribution in [2.45, 2.75) is 32.7 Å². The lowest BCUT2D eigenvalue weighted by Crippen LogP contribution is -2.41. The van der Waals surface area contributed by atoms with Crippen LogP contribution < -0.4 is 4.72 Å². The summed E-state index contributed by atoms with van der Waals surface area (Å²) in [6.07, 6.45) is 3.17. The van der Waals surface area contributed by atoms with Crippen molar-refractivity contribution in [3.63, 3.8) is 0 Å². The Morgan fingerprint density at radius 3 is 2.53 bits per heavy atom. The lowest BCUT2D eigenvalue weighted by Gasteiger charge is -2.21. The molecule has 0 radical (unpaired) electrons. The number of rotatable bonds is 8. The van der Waals surface area contributed by atoms with E-state index in [0.717, 1.165) is 24.8 Å². The van der Waals surface area contributed by atoms with Gasteiger partial charge in [-0.2, -0.15) is 17.4 Å². The smallest absolute Gasteiger partial charge is 0.198 e. The third-order valence-corrected chi connectivity index (χ3v) is 4.79. The van der Waals surface area contributed by atoms with E-state index in [1.807, 2.05) is 37.3 Å². The van der Waals surface area contributed by atoms with Crippen LogP contribution in [0.15, 0.2) is 30.3 Å². The zero-order valence-electron chi connectivity index (χ0n) is 11.4. The Balaban J connectivity index is 1.94. The molecule has 0 bridgehead atoms. The lowest BCUT2D eigenvalue weighted by molar-refractivity contribution is 0.388. The predicted octanol–water partition coefficient (Wildman–Crippen LogP) is 2.14. The summed E-state index contributed by atoms with van der Waals surface area (Å²) >= 11 is 0. The molecular weight excluding hydrogens is 260 g/mol. The third kappa shape index (κ3) is 4.60. The van der Waals surface area contributed by atoms with Crippen LogP contribution in [0.5, 0.6) is 0 Å². The third-order valence-electron chi connectivity index (χ3n) is 3.27. The molecule has 19 heavy (non-hydrogen) atoms. The zero-order chi connectivity index (χ0) is 13.7. The molecule has 0 saturated heterocycles. The molecule has 4 nitrogen and oxygen atoms in total. The molecule has 0 aromatic heterocycles. The average Bonchev–Trinajstić information content (AvgIpc) is 3.21.